The SMILES string of the molecule is CCCCCCCCCCC[C@@H](O)CC(=O)N[C@H]1[C@H](OC[C@H]2O[C@H](OCCOP(=O)(O)O)[C@H](NC(=O)C[C@H](O)CCCCCCCCCCC)[C@@H](OC(=O)C[C@H](O)CCCCCCCCCCC)[C@@H]2O)O[C@H](CO)[C@@H](OP(=O)(O)O)[C@@H]1OC(=O)C[C@H](O)CCCCCCCCCCC. The molecule has 12 N–H and O–H groups in total. The van der Waals surface area contributed by atoms with Gasteiger partial charge in [-0.05, 0) is 25.7 Å². The highest BCUT2D eigenvalue weighted by Crippen LogP contribution is 2.43. The molecule has 578 valence electrons. The molecule has 28 heteroatoms. The van der Waals surface area contributed by atoms with Gasteiger partial charge in [-0.25, -0.2) is 9.13 Å². The topological polar surface area (TPSA) is 403 Å². The lowest BCUT2D eigenvalue weighted by Crippen LogP contribution is -2.68. The van der Waals surface area contributed by atoms with Crippen LogP contribution in [0.4, 0.5) is 0 Å². The number of amides is 2. The Hall–Kier alpha value is -2.30. The summed E-state index contributed by atoms with van der Waals surface area (Å²) in [5.41, 5.74) is 0. The van der Waals surface area contributed by atoms with Gasteiger partial charge in [0.25, 0.3) is 0 Å². The Labute approximate surface area is 586 Å². The number of carbonyl (C=O) groups is 4. The first-order valence-electron chi connectivity index (χ1n) is 37.9. The summed E-state index contributed by atoms with van der Waals surface area (Å²) in [6.07, 6.45) is 15.5. The summed E-state index contributed by atoms with van der Waals surface area (Å²) >= 11 is 0. The van der Waals surface area contributed by atoms with Crippen LogP contribution in [0.2, 0.25) is 0 Å². The molecule has 14 atom stereocenters. The van der Waals surface area contributed by atoms with Crippen molar-refractivity contribution in [2.24, 2.45) is 0 Å². The average molecular weight is 1450 g/mol. The Morgan fingerprint density at radius 1 is 0.408 bits per heavy atom. The van der Waals surface area contributed by atoms with Crippen LogP contribution in [0, 0.1) is 0 Å². The van der Waals surface area contributed by atoms with Gasteiger partial charge in [-0.2, -0.15) is 0 Å². The van der Waals surface area contributed by atoms with Gasteiger partial charge in [-0.3, -0.25) is 28.2 Å². The van der Waals surface area contributed by atoms with Crippen molar-refractivity contribution in [2.45, 2.75) is 396 Å². The normalized spacial score (nSPS) is 22.7. The standard InChI is InChI=1S/C70H134N2O24P2/c1-5-9-13-17-21-25-29-33-37-41-53(74)47-59(78)71-63-67(94-61(80)49-55(76)43-39-35-31-27-23-19-15-11-7-3)65(82)58(93-69(63)89-45-46-91-97(83,84)85)52-90-70-64(72-60(79)48-54(75)42-38-34-30-26-22-18-14-10-6-2)68(66(57(51-73)92-70)96-98(86,87)88)95-62(81)50-56(77)44-40-36-32-28-24-20-16-12-8-4/h53-58,63-70,73-77,82H,5-52H2,1-4H3,(H,71,78)(H,72,79)(H2,83,84,85)(H2,86,87,88)/t53-,54-,55-,56-,57-,58-,63-,64-,65-,66-,67-,68-,69+,70-/m1/s1. The third-order valence-electron chi connectivity index (χ3n) is 18.2. The van der Waals surface area contributed by atoms with Crippen molar-refractivity contribution in [1.82, 2.24) is 10.6 Å². The number of phosphoric ester groups is 2. The van der Waals surface area contributed by atoms with Crippen molar-refractivity contribution in [3.05, 3.63) is 0 Å². The molecule has 0 saturated carbocycles. The second-order valence-corrected chi connectivity index (χ2v) is 29.8. The lowest BCUT2D eigenvalue weighted by molar-refractivity contribution is -0.305. The molecule has 2 saturated heterocycles. The Morgan fingerprint density at radius 3 is 1.07 bits per heavy atom. The van der Waals surface area contributed by atoms with Gasteiger partial charge in [0.2, 0.25) is 11.8 Å². The molecule has 0 spiro atoms. The Morgan fingerprint density at radius 2 is 0.724 bits per heavy atom. The Balaban J connectivity index is 2.60. The summed E-state index contributed by atoms with van der Waals surface area (Å²) in [4.78, 5) is 95.5. The number of phosphoric acid groups is 2. The zero-order valence-corrected chi connectivity index (χ0v) is 61.9. The number of aliphatic hydroxyl groups excluding tert-OH is 6. The van der Waals surface area contributed by atoms with Gasteiger partial charge in [0.05, 0.1) is 76.5 Å². The molecule has 0 radical (unpaired) electrons. The van der Waals surface area contributed by atoms with Crippen molar-refractivity contribution < 1.29 is 116 Å². The molecule has 0 aromatic carbocycles. The van der Waals surface area contributed by atoms with E-state index >= 15 is 0 Å². The molecule has 2 rings (SSSR count). The number of carbonyl (C=O) groups excluding carboxylic acids is 4. The summed E-state index contributed by atoms with van der Waals surface area (Å²) < 4.78 is 70.6. The summed E-state index contributed by atoms with van der Waals surface area (Å²) in [5.74, 6) is -3.78. The Bertz CT molecular complexity index is 2130. The molecular weight excluding hydrogens is 1310 g/mol. The number of rotatable bonds is 63. The molecule has 2 aliphatic rings. The molecular formula is C70H134N2O24P2. The molecule has 26 nitrogen and oxygen atoms in total. The third kappa shape index (κ3) is 45.0. The lowest BCUT2D eigenvalue weighted by atomic mass is 9.95. The van der Waals surface area contributed by atoms with E-state index in [9.17, 15) is 78.5 Å². The number of hydrogen-bond donors (Lipinski definition) is 12. The molecule has 0 aromatic heterocycles. The minimum atomic E-state index is -5.56. The molecule has 0 aromatic rings. The van der Waals surface area contributed by atoms with Crippen LogP contribution >= 0.6 is 15.6 Å². The highest BCUT2D eigenvalue weighted by molar-refractivity contribution is 7.46. The first kappa shape index (κ1) is 91.8. The van der Waals surface area contributed by atoms with Gasteiger partial charge < -0.3 is 89.3 Å². The van der Waals surface area contributed by atoms with Crippen molar-refractivity contribution in [1.29, 1.82) is 0 Å². The first-order chi connectivity index (χ1) is 46.9. The van der Waals surface area contributed by atoms with Crippen molar-refractivity contribution in [2.75, 3.05) is 26.4 Å². The lowest BCUT2D eigenvalue weighted by Gasteiger charge is -2.47. The molecule has 2 aliphatic heterocycles. The molecule has 2 heterocycles. The van der Waals surface area contributed by atoms with Crippen molar-refractivity contribution in [3.8, 4) is 0 Å². The van der Waals surface area contributed by atoms with Gasteiger partial charge in [-0.15, -0.1) is 0 Å². The Kier molecular flexibility index (Phi) is 52.6. The van der Waals surface area contributed by atoms with E-state index in [0.29, 0.717) is 25.7 Å². The van der Waals surface area contributed by atoms with Crippen LogP contribution in [0.15, 0.2) is 0 Å². The van der Waals surface area contributed by atoms with E-state index in [-0.39, 0.29) is 25.7 Å². The van der Waals surface area contributed by atoms with Gasteiger partial charge in [0, 0.05) is 0 Å². The van der Waals surface area contributed by atoms with Crippen LogP contribution in [0.1, 0.15) is 310 Å². The maximum absolute atomic E-state index is 14.1. The number of hydrogen-bond acceptors (Lipinski definition) is 20. The van der Waals surface area contributed by atoms with Gasteiger partial charge >= 0.3 is 27.6 Å². The van der Waals surface area contributed by atoms with Crippen LogP contribution in [-0.2, 0) is 65.8 Å². The van der Waals surface area contributed by atoms with Crippen LogP contribution in [-0.4, -0.2) is 186 Å². The number of nitrogens with one attached hydrogen (secondary N) is 2. The molecule has 0 unspecified atom stereocenters. The van der Waals surface area contributed by atoms with Crippen molar-refractivity contribution in [3.63, 3.8) is 0 Å². The van der Waals surface area contributed by atoms with Crippen LogP contribution in [0.25, 0.3) is 0 Å². The molecule has 2 fully saturated rings. The smallest absolute Gasteiger partial charge is 0.457 e. The van der Waals surface area contributed by atoms with Gasteiger partial charge in [0.1, 0.15) is 36.5 Å². The molecule has 0 bridgehead atoms. The minimum Gasteiger partial charge on any atom is -0.457 e. The monoisotopic (exact) mass is 1450 g/mol. The predicted molar refractivity (Wildman–Crippen MR) is 371 cm³/mol. The molecule has 0 aliphatic carbocycles. The fourth-order valence-corrected chi connectivity index (χ4v) is 13.5. The fraction of sp³-hybridized carbons (Fsp3) is 0.943. The summed E-state index contributed by atoms with van der Waals surface area (Å²) in [6.45, 7) is 5.31. The van der Waals surface area contributed by atoms with Crippen LogP contribution < -0.4 is 10.6 Å². The quantitative estimate of drug-likeness (QED) is 0.0153. The maximum Gasteiger partial charge on any atom is 0.470 e. The van der Waals surface area contributed by atoms with E-state index in [0.717, 1.165) is 154 Å². The number of ether oxygens (including phenoxy) is 6. The van der Waals surface area contributed by atoms with Gasteiger partial charge in [-0.1, -0.05) is 259 Å². The minimum absolute atomic E-state index is 0.205. The van der Waals surface area contributed by atoms with Crippen LogP contribution in [0.3, 0.4) is 0 Å². The van der Waals surface area contributed by atoms with E-state index in [1.54, 1.807) is 0 Å². The molecule has 98 heavy (non-hydrogen) atoms. The number of aliphatic hydroxyl groups is 6. The maximum atomic E-state index is 14.1. The van der Waals surface area contributed by atoms with E-state index in [1.807, 2.05) is 0 Å². The highest BCUT2D eigenvalue weighted by Gasteiger charge is 2.54. The highest BCUT2D eigenvalue weighted by atomic mass is 31.2. The number of unbranched alkanes of at least 4 members (excludes halogenated alkanes) is 32. The van der Waals surface area contributed by atoms with E-state index < -0.39 is 177 Å². The zero-order valence-electron chi connectivity index (χ0n) is 60.1. The van der Waals surface area contributed by atoms with Crippen molar-refractivity contribution >= 4 is 39.4 Å². The molecule has 2 amide bonds. The van der Waals surface area contributed by atoms with E-state index in [2.05, 4.69) is 42.9 Å². The second-order valence-electron chi connectivity index (χ2n) is 27.3. The van der Waals surface area contributed by atoms with Crippen LogP contribution in [0.5, 0.6) is 0 Å². The second kappa shape index (κ2) is 56.1. The first-order valence-corrected chi connectivity index (χ1v) is 41.0. The largest absolute Gasteiger partial charge is 0.470 e. The zero-order chi connectivity index (χ0) is 72.4. The van der Waals surface area contributed by atoms with Gasteiger partial charge in [0.15, 0.2) is 24.8 Å². The third-order valence-corrected chi connectivity index (χ3v) is 19.2. The predicted octanol–water partition coefficient (Wildman–Crippen LogP) is 10.9. The summed E-state index contributed by atoms with van der Waals surface area (Å²) in [5, 5.41) is 72.9. The van der Waals surface area contributed by atoms with E-state index in [1.165, 1.54) is 51.4 Å². The summed E-state index contributed by atoms with van der Waals surface area (Å²) in [6, 6.07) is -3.45. The van der Waals surface area contributed by atoms with E-state index in [4.69, 9.17) is 32.9 Å². The summed E-state index contributed by atoms with van der Waals surface area (Å²) in [7, 11) is -10.6. The fourth-order valence-electron chi connectivity index (χ4n) is 12.6. The average Bonchev–Trinajstić information content (AvgIpc) is 0.789. The number of esters is 2.